The average Bonchev–Trinajstić information content (AvgIpc) is 3.56. The number of hydrogen-bond donors (Lipinski definition) is 0. The van der Waals surface area contributed by atoms with Crippen molar-refractivity contribution in [3.63, 3.8) is 0 Å². The largest absolute Gasteiger partial charge is 0.292 e. The van der Waals surface area contributed by atoms with E-state index in [2.05, 4.69) is 83.8 Å². The van der Waals surface area contributed by atoms with Gasteiger partial charge in [-0.3, -0.25) is 9.69 Å². The molecule has 3 aliphatic rings. The van der Waals surface area contributed by atoms with Crippen LogP contribution in [0.25, 0.3) is 21.9 Å². The number of carbonyl (C=O) groups excluding carboxylic acids is 1. The summed E-state index contributed by atoms with van der Waals surface area (Å²) in [5.41, 5.74) is 6.10. The van der Waals surface area contributed by atoms with Crippen molar-refractivity contribution in [3.8, 4) is 0 Å². The zero-order valence-electron chi connectivity index (χ0n) is 18.5. The average molecular weight is 428 g/mol. The normalized spacial score (nSPS) is 24.1. The Labute approximate surface area is 194 Å². The first-order chi connectivity index (χ1) is 16.3. The molecule has 2 atom stereocenters. The molecule has 0 spiro atoms. The van der Waals surface area contributed by atoms with Crippen LogP contribution in [0, 0.1) is 0 Å². The van der Waals surface area contributed by atoms with Gasteiger partial charge in [-0.2, -0.15) is 0 Å². The summed E-state index contributed by atoms with van der Waals surface area (Å²) in [6, 6.07) is 34.1. The summed E-state index contributed by atoms with van der Waals surface area (Å²) in [5.74, 6) is 0.268. The van der Waals surface area contributed by atoms with Gasteiger partial charge in [-0.1, -0.05) is 97.1 Å². The monoisotopic (exact) mass is 427 g/mol. The van der Waals surface area contributed by atoms with Crippen molar-refractivity contribution in [1.82, 2.24) is 4.90 Å². The van der Waals surface area contributed by atoms with Gasteiger partial charge < -0.3 is 0 Å². The van der Waals surface area contributed by atoms with E-state index in [1.807, 2.05) is 18.2 Å². The second-order valence-corrected chi connectivity index (χ2v) is 9.49. The third-order valence-electron chi connectivity index (χ3n) is 7.96. The van der Waals surface area contributed by atoms with Gasteiger partial charge in [-0.25, -0.2) is 0 Å². The Morgan fingerprint density at radius 1 is 0.697 bits per heavy atom. The summed E-state index contributed by atoms with van der Waals surface area (Å²) in [7, 11) is 0. The van der Waals surface area contributed by atoms with E-state index in [1.54, 1.807) is 0 Å². The molecule has 1 aliphatic heterocycles. The number of Topliss-reactive ketones (excluding diaryl/α,β-unsaturated/α-hetero) is 1. The van der Waals surface area contributed by atoms with Crippen LogP contribution in [0.2, 0.25) is 0 Å². The maximum Gasteiger partial charge on any atom is 0.189 e. The molecule has 0 unspecified atom stereocenters. The molecule has 4 aromatic carbocycles. The predicted molar refractivity (Wildman–Crippen MR) is 134 cm³/mol. The lowest BCUT2D eigenvalue weighted by atomic mass is 9.77. The summed E-state index contributed by atoms with van der Waals surface area (Å²) >= 11 is 0. The molecule has 1 fully saturated rings. The van der Waals surface area contributed by atoms with E-state index in [4.69, 9.17) is 0 Å². The van der Waals surface area contributed by atoms with Gasteiger partial charge >= 0.3 is 0 Å². The van der Waals surface area contributed by atoms with Crippen LogP contribution < -0.4 is 0 Å². The molecular formula is C31H25NO. The van der Waals surface area contributed by atoms with E-state index in [-0.39, 0.29) is 11.7 Å². The minimum absolute atomic E-state index is 0.00167. The molecule has 33 heavy (non-hydrogen) atoms. The second kappa shape index (κ2) is 7.00. The van der Waals surface area contributed by atoms with Crippen LogP contribution in [0.3, 0.4) is 0 Å². The SMILES string of the molecule is O=C1C(c2ccccc2)=C(c2ccccc2)[C@H]2c3cccc4cccc(c34)[C@@]12N1CCCC1. The maximum absolute atomic E-state index is 14.9. The first kappa shape index (κ1) is 19.0. The highest BCUT2D eigenvalue weighted by molar-refractivity contribution is 6.38. The predicted octanol–water partition coefficient (Wildman–Crippen LogP) is 6.42. The Morgan fingerprint density at radius 3 is 2.03 bits per heavy atom. The number of carbonyl (C=O) groups is 1. The minimum Gasteiger partial charge on any atom is -0.292 e. The third kappa shape index (κ3) is 2.39. The molecule has 0 bridgehead atoms. The highest BCUT2D eigenvalue weighted by atomic mass is 16.1. The Hall–Kier alpha value is -3.49. The molecule has 2 aliphatic carbocycles. The Kier molecular flexibility index (Phi) is 4.04. The zero-order valence-corrected chi connectivity index (χ0v) is 18.5. The number of hydrogen-bond acceptors (Lipinski definition) is 2. The van der Waals surface area contributed by atoms with Crippen LogP contribution in [-0.2, 0) is 10.3 Å². The molecular weight excluding hydrogens is 402 g/mol. The van der Waals surface area contributed by atoms with Gasteiger partial charge in [0, 0.05) is 11.5 Å². The Bertz CT molecular complexity index is 1420. The van der Waals surface area contributed by atoms with Crippen LogP contribution >= 0.6 is 0 Å². The van der Waals surface area contributed by atoms with Crippen LogP contribution in [0.15, 0.2) is 97.1 Å². The lowest BCUT2D eigenvalue weighted by Crippen LogP contribution is -2.50. The lowest BCUT2D eigenvalue weighted by Gasteiger charge is -2.40. The fourth-order valence-corrected chi connectivity index (χ4v) is 6.77. The van der Waals surface area contributed by atoms with Crippen molar-refractivity contribution in [3.05, 3.63) is 119 Å². The highest BCUT2D eigenvalue weighted by Crippen LogP contribution is 2.65. The van der Waals surface area contributed by atoms with Crippen LogP contribution in [0.5, 0.6) is 0 Å². The van der Waals surface area contributed by atoms with Crippen molar-refractivity contribution in [2.45, 2.75) is 24.3 Å². The van der Waals surface area contributed by atoms with Gasteiger partial charge in [0.1, 0.15) is 5.54 Å². The standard InChI is InChI=1S/C31H25NO/c33-30-28(23-13-5-2-6-14-23)27(22-11-3-1-4-12-22)29-24-17-9-15-21-16-10-18-25(26(21)24)31(29,30)32-19-7-8-20-32/h1-6,9-18,29H,7-8,19-20H2/t29-,31+/m1/s1. The summed E-state index contributed by atoms with van der Waals surface area (Å²) in [4.78, 5) is 17.4. The van der Waals surface area contributed by atoms with Gasteiger partial charge in [0.2, 0.25) is 0 Å². The quantitative estimate of drug-likeness (QED) is 0.376. The molecule has 160 valence electrons. The molecule has 1 heterocycles. The van der Waals surface area contributed by atoms with Crippen molar-refractivity contribution in [1.29, 1.82) is 0 Å². The molecule has 0 amide bonds. The van der Waals surface area contributed by atoms with Crippen LogP contribution in [0.4, 0.5) is 0 Å². The topological polar surface area (TPSA) is 20.3 Å². The van der Waals surface area contributed by atoms with Crippen molar-refractivity contribution >= 4 is 27.7 Å². The van der Waals surface area contributed by atoms with Gasteiger partial charge in [0.05, 0.1) is 0 Å². The fourth-order valence-electron chi connectivity index (χ4n) is 6.77. The Balaban J connectivity index is 1.62. The number of nitrogens with zero attached hydrogens (tertiary/aromatic N) is 1. The van der Waals surface area contributed by atoms with Gasteiger partial charge in [0.15, 0.2) is 5.78 Å². The minimum atomic E-state index is -0.657. The number of fused-ring (bicyclic) bond motifs is 3. The first-order valence-electron chi connectivity index (χ1n) is 12.0. The number of ketones is 1. The molecule has 0 saturated carbocycles. The molecule has 0 radical (unpaired) electrons. The van der Waals surface area contributed by atoms with E-state index >= 15 is 0 Å². The van der Waals surface area contributed by atoms with Crippen molar-refractivity contribution < 1.29 is 4.79 Å². The zero-order chi connectivity index (χ0) is 22.0. The van der Waals surface area contributed by atoms with Gasteiger partial charge in [-0.05, 0) is 64.5 Å². The summed E-state index contributed by atoms with van der Waals surface area (Å²) in [5, 5.41) is 2.52. The first-order valence-corrected chi connectivity index (χ1v) is 12.0. The van der Waals surface area contributed by atoms with E-state index in [0.29, 0.717) is 0 Å². The smallest absolute Gasteiger partial charge is 0.189 e. The maximum atomic E-state index is 14.9. The molecule has 7 rings (SSSR count). The second-order valence-electron chi connectivity index (χ2n) is 9.49. The van der Waals surface area contributed by atoms with E-state index in [1.165, 1.54) is 27.5 Å². The molecule has 1 saturated heterocycles. The van der Waals surface area contributed by atoms with Gasteiger partial charge in [-0.15, -0.1) is 0 Å². The number of benzene rings is 4. The summed E-state index contributed by atoms with van der Waals surface area (Å²) < 4.78 is 0. The Morgan fingerprint density at radius 2 is 1.33 bits per heavy atom. The van der Waals surface area contributed by atoms with Gasteiger partial charge in [0.25, 0.3) is 0 Å². The third-order valence-corrected chi connectivity index (χ3v) is 7.96. The molecule has 0 N–H and O–H groups in total. The molecule has 4 aromatic rings. The van der Waals surface area contributed by atoms with E-state index in [0.717, 1.165) is 42.6 Å². The molecule has 2 heteroatoms. The highest BCUT2D eigenvalue weighted by Gasteiger charge is 2.63. The van der Waals surface area contributed by atoms with Crippen molar-refractivity contribution in [2.24, 2.45) is 0 Å². The summed E-state index contributed by atoms with van der Waals surface area (Å²) in [6.07, 6.45) is 2.30. The van der Waals surface area contributed by atoms with Crippen LogP contribution in [0.1, 0.15) is 41.0 Å². The van der Waals surface area contributed by atoms with Crippen molar-refractivity contribution in [2.75, 3.05) is 13.1 Å². The lowest BCUT2D eigenvalue weighted by molar-refractivity contribution is -0.124. The fraction of sp³-hybridized carbons (Fsp3) is 0.194. The number of likely N-dealkylation sites (tertiary alicyclic amines) is 1. The van der Waals surface area contributed by atoms with Crippen LogP contribution in [-0.4, -0.2) is 23.8 Å². The summed E-state index contributed by atoms with van der Waals surface area (Å²) in [6.45, 7) is 1.94. The van der Waals surface area contributed by atoms with E-state index < -0.39 is 5.54 Å². The number of rotatable bonds is 3. The molecule has 2 nitrogen and oxygen atoms in total. The molecule has 0 aromatic heterocycles. The van der Waals surface area contributed by atoms with E-state index in [9.17, 15) is 4.79 Å².